The number of aromatic carboxylic acids is 1. The smallest absolute Gasteiger partial charge is 0.356 e. The molecule has 2 heterocycles. The Morgan fingerprint density at radius 3 is 2.89 bits per heavy atom. The van der Waals surface area contributed by atoms with Gasteiger partial charge in [0, 0.05) is 6.20 Å². The molecular weight excluding hydrogens is 250 g/mol. The molecule has 0 saturated heterocycles. The van der Waals surface area contributed by atoms with Crippen molar-refractivity contribution in [1.29, 1.82) is 0 Å². The fourth-order valence-electron chi connectivity index (χ4n) is 1.52. The zero-order valence-corrected chi connectivity index (χ0v) is 10.2. The number of carbonyl (C=O) groups excluding carboxylic acids is 1. The van der Waals surface area contributed by atoms with Crippen molar-refractivity contribution < 1.29 is 19.1 Å². The van der Waals surface area contributed by atoms with Gasteiger partial charge in [-0.25, -0.2) is 4.79 Å². The number of rotatable bonds is 5. The summed E-state index contributed by atoms with van der Waals surface area (Å²) in [6.07, 6.45) is 2.98. The SMILES string of the molecule is CC(C(=O)NCc1ccco1)n1ccc(C(=O)O)n1. The zero-order chi connectivity index (χ0) is 13.8. The van der Waals surface area contributed by atoms with Gasteiger partial charge in [-0.2, -0.15) is 5.10 Å². The Kier molecular flexibility index (Phi) is 3.65. The first kappa shape index (κ1) is 12.9. The summed E-state index contributed by atoms with van der Waals surface area (Å²) < 4.78 is 6.40. The van der Waals surface area contributed by atoms with E-state index >= 15 is 0 Å². The predicted octanol–water partition coefficient (Wildman–Crippen LogP) is 1.05. The third-order valence-corrected chi connectivity index (χ3v) is 2.62. The first-order valence-electron chi connectivity index (χ1n) is 5.66. The van der Waals surface area contributed by atoms with Crippen LogP contribution < -0.4 is 5.32 Å². The van der Waals surface area contributed by atoms with Crippen LogP contribution in [-0.2, 0) is 11.3 Å². The lowest BCUT2D eigenvalue weighted by Crippen LogP contribution is -2.30. The second-order valence-corrected chi connectivity index (χ2v) is 3.96. The van der Waals surface area contributed by atoms with Crippen LogP contribution in [0, 0.1) is 0 Å². The van der Waals surface area contributed by atoms with E-state index in [2.05, 4.69) is 10.4 Å². The molecule has 2 aromatic heterocycles. The highest BCUT2D eigenvalue weighted by Gasteiger charge is 2.17. The van der Waals surface area contributed by atoms with Gasteiger partial charge in [-0.1, -0.05) is 0 Å². The van der Waals surface area contributed by atoms with Crippen LogP contribution in [0.3, 0.4) is 0 Å². The van der Waals surface area contributed by atoms with Crippen molar-refractivity contribution in [3.05, 3.63) is 42.1 Å². The number of hydrogen-bond donors (Lipinski definition) is 2. The number of nitrogens with one attached hydrogen (secondary N) is 1. The molecule has 0 aromatic carbocycles. The molecule has 0 radical (unpaired) electrons. The molecular formula is C12H13N3O4. The lowest BCUT2D eigenvalue weighted by atomic mass is 10.3. The second-order valence-electron chi connectivity index (χ2n) is 3.96. The van der Waals surface area contributed by atoms with Crippen LogP contribution in [-0.4, -0.2) is 26.8 Å². The molecule has 0 spiro atoms. The molecule has 2 N–H and O–H groups in total. The maximum absolute atomic E-state index is 11.9. The Morgan fingerprint density at radius 2 is 2.32 bits per heavy atom. The van der Waals surface area contributed by atoms with Crippen molar-refractivity contribution in [2.45, 2.75) is 19.5 Å². The summed E-state index contributed by atoms with van der Waals surface area (Å²) in [5.41, 5.74) is -0.0920. The van der Waals surface area contributed by atoms with E-state index in [1.165, 1.54) is 23.2 Å². The molecule has 0 fully saturated rings. The summed E-state index contributed by atoms with van der Waals surface area (Å²) >= 11 is 0. The third kappa shape index (κ3) is 3.01. The van der Waals surface area contributed by atoms with Crippen LogP contribution >= 0.6 is 0 Å². The molecule has 0 bridgehead atoms. The van der Waals surface area contributed by atoms with Gasteiger partial charge < -0.3 is 14.8 Å². The minimum absolute atomic E-state index is 0.0920. The molecule has 1 unspecified atom stereocenters. The van der Waals surface area contributed by atoms with Gasteiger partial charge in [-0.15, -0.1) is 0 Å². The summed E-state index contributed by atoms with van der Waals surface area (Å²) in [6, 6.07) is 4.24. The van der Waals surface area contributed by atoms with Crippen LogP contribution in [0.4, 0.5) is 0 Å². The van der Waals surface area contributed by atoms with Gasteiger partial charge in [-0.05, 0) is 25.1 Å². The summed E-state index contributed by atoms with van der Waals surface area (Å²) in [5.74, 6) is -0.745. The van der Waals surface area contributed by atoms with Gasteiger partial charge in [0.1, 0.15) is 11.8 Å². The Hall–Kier alpha value is -2.57. The lowest BCUT2D eigenvalue weighted by molar-refractivity contribution is -0.124. The first-order valence-corrected chi connectivity index (χ1v) is 5.66. The summed E-state index contributed by atoms with van der Waals surface area (Å²) in [7, 11) is 0. The van der Waals surface area contributed by atoms with Gasteiger partial charge in [0.05, 0.1) is 12.8 Å². The molecule has 2 aromatic rings. The van der Waals surface area contributed by atoms with Crippen molar-refractivity contribution >= 4 is 11.9 Å². The Morgan fingerprint density at radius 1 is 1.53 bits per heavy atom. The number of carboxylic acid groups (broad SMARTS) is 1. The van der Waals surface area contributed by atoms with Crippen LogP contribution in [0.2, 0.25) is 0 Å². The molecule has 0 saturated carbocycles. The second kappa shape index (κ2) is 5.38. The number of hydrogen-bond acceptors (Lipinski definition) is 4. The fourth-order valence-corrected chi connectivity index (χ4v) is 1.52. The highest BCUT2D eigenvalue weighted by atomic mass is 16.4. The average Bonchev–Trinajstić information content (AvgIpc) is 3.05. The quantitative estimate of drug-likeness (QED) is 0.840. The van der Waals surface area contributed by atoms with Gasteiger partial charge >= 0.3 is 5.97 Å². The largest absolute Gasteiger partial charge is 0.476 e. The Labute approximate surface area is 108 Å². The molecule has 1 atom stereocenters. The van der Waals surface area contributed by atoms with Crippen molar-refractivity contribution in [2.24, 2.45) is 0 Å². The fraction of sp³-hybridized carbons (Fsp3) is 0.250. The van der Waals surface area contributed by atoms with Gasteiger partial charge in [0.25, 0.3) is 0 Å². The summed E-state index contributed by atoms with van der Waals surface area (Å²) in [5, 5.41) is 15.2. The highest BCUT2D eigenvalue weighted by molar-refractivity contribution is 5.85. The van der Waals surface area contributed by atoms with E-state index in [0.29, 0.717) is 5.76 Å². The minimum Gasteiger partial charge on any atom is -0.476 e. The molecule has 2 rings (SSSR count). The number of amides is 1. The number of carboxylic acids is 1. The third-order valence-electron chi connectivity index (χ3n) is 2.62. The molecule has 0 aliphatic carbocycles. The van der Waals surface area contributed by atoms with E-state index in [4.69, 9.17) is 9.52 Å². The van der Waals surface area contributed by atoms with Crippen LogP contribution in [0.15, 0.2) is 35.1 Å². The molecule has 7 heteroatoms. The van der Waals surface area contributed by atoms with Crippen LogP contribution in [0.5, 0.6) is 0 Å². The number of carbonyl (C=O) groups is 2. The number of nitrogens with zero attached hydrogens (tertiary/aromatic N) is 2. The van der Waals surface area contributed by atoms with Crippen molar-refractivity contribution in [3.63, 3.8) is 0 Å². The van der Waals surface area contributed by atoms with E-state index in [-0.39, 0.29) is 18.1 Å². The molecule has 100 valence electrons. The van der Waals surface area contributed by atoms with Crippen LogP contribution in [0.25, 0.3) is 0 Å². The molecule has 0 aliphatic heterocycles. The Bertz CT molecular complexity index is 574. The average molecular weight is 263 g/mol. The summed E-state index contributed by atoms with van der Waals surface area (Å²) in [4.78, 5) is 22.6. The standard InChI is InChI=1S/C12H13N3O4/c1-8(15-5-4-10(14-15)12(17)18)11(16)13-7-9-3-2-6-19-9/h2-6,8H,7H2,1H3,(H,13,16)(H,17,18). The maximum atomic E-state index is 11.9. The molecule has 19 heavy (non-hydrogen) atoms. The Balaban J connectivity index is 1.96. The maximum Gasteiger partial charge on any atom is 0.356 e. The van der Waals surface area contributed by atoms with Gasteiger partial charge in [-0.3, -0.25) is 9.48 Å². The van der Waals surface area contributed by atoms with Crippen molar-refractivity contribution in [1.82, 2.24) is 15.1 Å². The number of aromatic nitrogens is 2. The molecule has 1 amide bonds. The van der Waals surface area contributed by atoms with E-state index in [1.807, 2.05) is 0 Å². The minimum atomic E-state index is -1.12. The first-order chi connectivity index (χ1) is 9.08. The monoisotopic (exact) mass is 263 g/mol. The molecule has 0 aliphatic rings. The van der Waals surface area contributed by atoms with E-state index in [9.17, 15) is 9.59 Å². The van der Waals surface area contributed by atoms with E-state index < -0.39 is 12.0 Å². The number of furan rings is 1. The van der Waals surface area contributed by atoms with E-state index in [0.717, 1.165) is 0 Å². The highest BCUT2D eigenvalue weighted by Crippen LogP contribution is 2.07. The van der Waals surface area contributed by atoms with Gasteiger partial charge in [0.2, 0.25) is 5.91 Å². The van der Waals surface area contributed by atoms with Crippen LogP contribution in [0.1, 0.15) is 29.2 Å². The topological polar surface area (TPSA) is 97.4 Å². The van der Waals surface area contributed by atoms with E-state index in [1.54, 1.807) is 19.1 Å². The predicted molar refractivity (Wildman–Crippen MR) is 64.5 cm³/mol. The zero-order valence-electron chi connectivity index (χ0n) is 10.2. The lowest BCUT2D eigenvalue weighted by Gasteiger charge is -2.11. The normalized spacial score (nSPS) is 12.1. The molecule has 7 nitrogen and oxygen atoms in total. The van der Waals surface area contributed by atoms with Crippen molar-refractivity contribution in [2.75, 3.05) is 0 Å². The summed E-state index contributed by atoms with van der Waals surface area (Å²) in [6.45, 7) is 1.92. The van der Waals surface area contributed by atoms with Gasteiger partial charge in [0.15, 0.2) is 5.69 Å². The van der Waals surface area contributed by atoms with Crippen molar-refractivity contribution in [3.8, 4) is 0 Å².